The van der Waals surface area contributed by atoms with Crippen molar-refractivity contribution in [3.05, 3.63) is 108 Å². The maximum Gasteiger partial charge on any atom is 0.251 e. The van der Waals surface area contributed by atoms with E-state index in [1.54, 1.807) is 30.3 Å². The number of amides is 3. The zero-order valence-corrected chi connectivity index (χ0v) is 19.5. The monoisotopic (exact) mass is 471 g/mol. The van der Waals surface area contributed by atoms with Crippen LogP contribution < -0.4 is 16.0 Å². The van der Waals surface area contributed by atoms with Gasteiger partial charge in [0.2, 0.25) is 11.8 Å². The van der Waals surface area contributed by atoms with Crippen molar-refractivity contribution in [2.45, 2.75) is 37.9 Å². The van der Waals surface area contributed by atoms with Crippen molar-refractivity contribution >= 4 is 24.0 Å². The standard InChI is InChI=1S/C28H29N3O4/c1-20(26(33)30-24(19-32)17-21-11-5-2-6-12-21)29-28(35)25(18-22-13-7-3-8-14-22)31-27(34)23-15-9-4-10-16-23/h2-16,19-20,24-25H,17-18H2,1H3,(H,29,35)(H,30,33)(H,31,34)/t20-,24-,25+/m0/s1. The molecular formula is C28H29N3O4. The van der Waals surface area contributed by atoms with Gasteiger partial charge in [-0.3, -0.25) is 14.4 Å². The SMILES string of the molecule is C[C@H](NC(=O)[C@@H](Cc1ccccc1)NC(=O)c1ccccc1)C(=O)N[C@H](C=O)Cc1ccccc1. The molecule has 0 saturated carbocycles. The summed E-state index contributed by atoms with van der Waals surface area (Å²) in [6, 6.07) is 24.7. The van der Waals surface area contributed by atoms with E-state index in [0.717, 1.165) is 11.1 Å². The summed E-state index contributed by atoms with van der Waals surface area (Å²) >= 11 is 0. The number of carbonyl (C=O) groups excluding carboxylic acids is 4. The van der Waals surface area contributed by atoms with Crippen LogP contribution >= 0.6 is 0 Å². The van der Waals surface area contributed by atoms with Crippen molar-refractivity contribution in [2.24, 2.45) is 0 Å². The van der Waals surface area contributed by atoms with Gasteiger partial charge in [-0.15, -0.1) is 0 Å². The van der Waals surface area contributed by atoms with Crippen LogP contribution in [0.15, 0.2) is 91.0 Å². The molecule has 3 rings (SSSR count). The number of hydrogen-bond acceptors (Lipinski definition) is 4. The molecule has 0 aromatic heterocycles. The molecule has 3 aromatic rings. The quantitative estimate of drug-likeness (QED) is 0.374. The lowest BCUT2D eigenvalue weighted by atomic mass is 10.0. The van der Waals surface area contributed by atoms with E-state index in [2.05, 4.69) is 16.0 Å². The summed E-state index contributed by atoms with van der Waals surface area (Å²) in [6.45, 7) is 1.54. The molecule has 0 unspecified atom stereocenters. The van der Waals surface area contributed by atoms with E-state index in [9.17, 15) is 19.2 Å². The van der Waals surface area contributed by atoms with E-state index in [-0.39, 0.29) is 12.3 Å². The third-order valence-corrected chi connectivity index (χ3v) is 5.48. The fourth-order valence-electron chi connectivity index (χ4n) is 3.58. The van der Waals surface area contributed by atoms with Crippen LogP contribution in [0.3, 0.4) is 0 Å². The Morgan fingerprint density at radius 2 is 1.20 bits per heavy atom. The molecule has 0 aliphatic heterocycles. The van der Waals surface area contributed by atoms with Crippen LogP contribution in [0.25, 0.3) is 0 Å². The third-order valence-electron chi connectivity index (χ3n) is 5.48. The van der Waals surface area contributed by atoms with Gasteiger partial charge in [0, 0.05) is 12.0 Å². The van der Waals surface area contributed by atoms with Gasteiger partial charge in [-0.2, -0.15) is 0 Å². The molecule has 3 atom stereocenters. The molecule has 0 aliphatic carbocycles. The van der Waals surface area contributed by atoms with Crippen LogP contribution in [-0.2, 0) is 27.2 Å². The Bertz CT molecular complexity index is 1120. The minimum absolute atomic E-state index is 0.255. The van der Waals surface area contributed by atoms with E-state index in [1.807, 2.05) is 60.7 Å². The first-order chi connectivity index (χ1) is 17.0. The Morgan fingerprint density at radius 3 is 1.74 bits per heavy atom. The largest absolute Gasteiger partial charge is 0.344 e. The van der Waals surface area contributed by atoms with Gasteiger partial charge in [0.1, 0.15) is 18.4 Å². The Balaban J connectivity index is 1.65. The van der Waals surface area contributed by atoms with Crippen LogP contribution in [0.5, 0.6) is 0 Å². The van der Waals surface area contributed by atoms with Gasteiger partial charge in [-0.25, -0.2) is 0 Å². The number of carbonyl (C=O) groups is 4. The molecule has 3 amide bonds. The first-order valence-electron chi connectivity index (χ1n) is 11.5. The second-order valence-electron chi connectivity index (χ2n) is 8.25. The van der Waals surface area contributed by atoms with Crippen molar-refractivity contribution in [3.63, 3.8) is 0 Å². The second-order valence-corrected chi connectivity index (χ2v) is 8.25. The number of benzene rings is 3. The maximum atomic E-state index is 13.1. The topological polar surface area (TPSA) is 104 Å². The van der Waals surface area contributed by atoms with Crippen molar-refractivity contribution < 1.29 is 19.2 Å². The lowest BCUT2D eigenvalue weighted by molar-refractivity contribution is -0.130. The summed E-state index contributed by atoms with van der Waals surface area (Å²) in [5.74, 6) is -1.37. The smallest absolute Gasteiger partial charge is 0.251 e. The first-order valence-corrected chi connectivity index (χ1v) is 11.5. The van der Waals surface area contributed by atoms with E-state index >= 15 is 0 Å². The van der Waals surface area contributed by atoms with Crippen LogP contribution in [0.1, 0.15) is 28.4 Å². The van der Waals surface area contributed by atoms with Crippen LogP contribution in [-0.4, -0.2) is 42.1 Å². The first kappa shape index (κ1) is 25.4. The highest BCUT2D eigenvalue weighted by Crippen LogP contribution is 2.07. The van der Waals surface area contributed by atoms with Gasteiger partial charge in [-0.05, 0) is 36.6 Å². The molecule has 0 radical (unpaired) electrons. The fourth-order valence-corrected chi connectivity index (χ4v) is 3.58. The normalized spacial score (nSPS) is 13.1. The number of aldehydes is 1. The van der Waals surface area contributed by atoms with Gasteiger partial charge in [0.15, 0.2) is 0 Å². The van der Waals surface area contributed by atoms with Gasteiger partial charge in [0.25, 0.3) is 5.91 Å². The molecule has 0 heterocycles. The zero-order chi connectivity index (χ0) is 25.0. The molecule has 3 N–H and O–H groups in total. The number of hydrogen-bond donors (Lipinski definition) is 3. The third kappa shape index (κ3) is 7.92. The van der Waals surface area contributed by atoms with Crippen LogP contribution in [0, 0.1) is 0 Å². The van der Waals surface area contributed by atoms with E-state index < -0.39 is 29.9 Å². The lowest BCUT2D eigenvalue weighted by Gasteiger charge is -2.22. The molecule has 0 aliphatic rings. The molecule has 0 bridgehead atoms. The van der Waals surface area contributed by atoms with Gasteiger partial charge in [-0.1, -0.05) is 78.9 Å². The highest BCUT2D eigenvalue weighted by molar-refractivity contribution is 5.98. The average Bonchev–Trinajstić information content (AvgIpc) is 2.89. The fraction of sp³-hybridized carbons (Fsp3) is 0.214. The summed E-state index contributed by atoms with van der Waals surface area (Å²) in [4.78, 5) is 50.0. The average molecular weight is 472 g/mol. The predicted octanol–water partition coefficient (Wildman–Crippen LogP) is 2.46. The highest BCUT2D eigenvalue weighted by atomic mass is 16.2. The lowest BCUT2D eigenvalue weighted by Crippen LogP contribution is -2.54. The van der Waals surface area contributed by atoms with Crippen molar-refractivity contribution in [3.8, 4) is 0 Å². The van der Waals surface area contributed by atoms with Crippen LogP contribution in [0.4, 0.5) is 0 Å². The summed E-state index contributed by atoms with van der Waals surface area (Å²) < 4.78 is 0. The molecule has 7 nitrogen and oxygen atoms in total. The summed E-state index contributed by atoms with van der Waals surface area (Å²) in [5.41, 5.74) is 2.20. The molecule has 180 valence electrons. The molecule has 3 aromatic carbocycles. The number of nitrogens with one attached hydrogen (secondary N) is 3. The van der Waals surface area contributed by atoms with E-state index in [4.69, 9.17) is 0 Å². The molecule has 0 spiro atoms. The van der Waals surface area contributed by atoms with Gasteiger partial charge < -0.3 is 20.7 Å². The van der Waals surface area contributed by atoms with Gasteiger partial charge in [0.05, 0.1) is 6.04 Å². The minimum atomic E-state index is -0.910. The van der Waals surface area contributed by atoms with E-state index in [1.165, 1.54) is 6.92 Å². The Morgan fingerprint density at radius 1 is 0.686 bits per heavy atom. The zero-order valence-electron chi connectivity index (χ0n) is 19.5. The predicted molar refractivity (Wildman–Crippen MR) is 134 cm³/mol. The van der Waals surface area contributed by atoms with Crippen molar-refractivity contribution in [1.29, 1.82) is 0 Å². The summed E-state index contributed by atoms with van der Waals surface area (Å²) in [6.07, 6.45) is 1.28. The Labute approximate surface area is 204 Å². The Kier molecular flexibility index (Phi) is 9.31. The highest BCUT2D eigenvalue weighted by Gasteiger charge is 2.26. The Hall–Kier alpha value is -4.26. The molecular weight excluding hydrogens is 442 g/mol. The van der Waals surface area contributed by atoms with E-state index in [0.29, 0.717) is 18.3 Å². The minimum Gasteiger partial charge on any atom is -0.344 e. The molecule has 0 saturated heterocycles. The summed E-state index contributed by atoms with van der Waals surface area (Å²) in [5, 5.41) is 8.11. The van der Waals surface area contributed by atoms with Crippen molar-refractivity contribution in [2.75, 3.05) is 0 Å². The maximum absolute atomic E-state index is 13.1. The van der Waals surface area contributed by atoms with Crippen LogP contribution in [0.2, 0.25) is 0 Å². The molecule has 35 heavy (non-hydrogen) atoms. The molecule has 7 heteroatoms. The second kappa shape index (κ2) is 12.8. The summed E-state index contributed by atoms with van der Waals surface area (Å²) in [7, 11) is 0. The number of rotatable bonds is 11. The molecule has 0 fully saturated rings. The van der Waals surface area contributed by atoms with Gasteiger partial charge >= 0.3 is 0 Å². The van der Waals surface area contributed by atoms with Crippen molar-refractivity contribution in [1.82, 2.24) is 16.0 Å².